The van der Waals surface area contributed by atoms with Crippen molar-refractivity contribution in [3.8, 4) is 0 Å². The number of aliphatic hydroxyl groups excluding tert-OH is 1. The summed E-state index contributed by atoms with van der Waals surface area (Å²) in [5.74, 6) is 0. The first-order valence-electron chi connectivity index (χ1n) is 3.15. The maximum Gasteiger partial charge on any atom is 0.0683 e. The topological polar surface area (TPSA) is 23.5 Å². The van der Waals surface area contributed by atoms with Gasteiger partial charge in [-0.3, -0.25) is 0 Å². The maximum atomic E-state index is 8.72. The van der Waals surface area contributed by atoms with Gasteiger partial charge >= 0.3 is 0 Å². The van der Waals surface area contributed by atoms with Crippen LogP contribution in [0.2, 0.25) is 0 Å². The molecule has 0 aromatic carbocycles. The Kier molecular flexibility index (Phi) is 1.92. The summed E-state index contributed by atoms with van der Waals surface area (Å²) in [4.78, 5) is 1.90. The average molecular weight is 137 g/mol. The monoisotopic (exact) mass is 137 g/mol. The van der Waals surface area contributed by atoms with Crippen LogP contribution in [-0.2, 0) is 0 Å². The fourth-order valence-electron chi connectivity index (χ4n) is 0.766. The predicted molar refractivity (Wildman–Crippen MR) is 41.2 cm³/mol. The summed E-state index contributed by atoms with van der Waals surface area (Å²) in [6, 6.07) is 0. The summed E-state index contributed by atoms with van der Waals surface area (Å²) >= 11 is 0. The van der Waals surface area contributed by atoms with Crippen molar-refractivity contribution in [2.75, 3.05) is 13.7 Å². The molecule has 10 heavy (non-hydrogen) atoms. The molecule has 0 unspecified atom stereocenters. The second-order valence-electron chi connectivity index (χ2n) is 2.30. The number of allylic oxidation sites excluding steroid dienone is 1. The lowest BCUT2D eigenvalue weighted by Crippen LogP contribution is -2.11. The summed E-state index contributed by atoms with van der Waals surface area (Å²) < 4.78 is 0. The molecular weight excluding hydrogens is 126 g/mol. The van der Waals surface area contributed by atoms with Crippen LogP contribution in [0.25, 0.3) is 0 Å². The molecule has 1 aliphatic heterocycles. The highest BCUT2D eigenvalue weighted by Crippen LogP contribution is 2.12. The molecule has 0 saturated carbocycles. The van der Waals surface area contributed by atoms with E-state index in [-0.39, 0.29) is 6.61 Å². The third kappa shape index (κ3) is 1.28. The van der Waals surface area contributed by atoms with Crippen molar-refractivity contribution in [1.29, 1.82) is 0 Å². The Labute approximate surface area is 60.8 Å². The molecule has 0 fully saturated rings. The molecule has 1 aliphatic rings. The molecule has 54 valence electrons. The largest absolute Gasteiger partial charge is 0.392 e. The smallest absolute Gasteiger partial charge is 0.0683 e. The van der Waals surface area contributed by atoms with Crippen molar-refractivity contribution in [2.24, 2.45) is 0 Å². The number of hydrogen-bond acceptors (Lipinski definition) is 2. The molecule has 0 aliphatic carbocycles. The van der Waals surface area contributed by atoms with Gasteiger partial charge in [0, 0.05) is 18.9 Å². The summed E-state index contributed by atoms with van der Waals surface area (Å²) in [5.41, 5.74) is 1.81. The number of rotatable bonds is 1. The van der Waals surface area contributed by atoms with Gasteiger partial charge in [-0.1, -0.05) is 6.58 Å². The van der Waals surface area contributed by atoms with Crippen molar-refractivity contribution < 1.29 is 5.11 Å². The number of nitrogens with zero attached hydrogens (tertiary/aromatic N) is 1. The van der Waals surface area contributed by atoms with Crippen LogP contribution >= 0.6 is 0 Å². The van der Waals surface area contributed by atoms with Gasteiger partial charge in [-0.05, 0) is 17.7 Å². The molecule has 0 atom stereocenters. The second kappa shape index (κ2) is 2.71. The number of likely N-dealkylation sites (N-methyl/N-ethyl adjacent to an activating group) is 1. The van der Waals surface area contributed by atoms with E-state index in [1.54, 1.807) is 0 Å². The van der Waals surface area contributed by atoms with Gasteiger partial charge in [-0.15, -0.1) is 0 Å². The summed E-state index contributed by atoms with van der Waals surface area (Å²) in [7, 11) is 1.92. The third-order valence-corrected chi connectivity index (χ3v) is 1.50. The van der Waals surface area contributed by atoms with Crippen molar-refractivity contribution in [1.82, 2.24) is 4.90 Å². The lowest BCUT2D eigenvalue weighted by molar-refractivity contribution is 0.333. The molecule has 1 rings (SSSR count). The molecule has 2 heteroatoms. The molecule has 0 radical (unpaired) electrons. The maximum absolute atomic E-state index is 8.72. The van der Waals surface area contributed by atoms with Crippen LogP contribution < -0.4 is 0 Å². The molecule has 1 heterocycles. The van der Waals surface area contributed by atoms with Crippen molar-refractivity contribution in [2.45, 2.75) is 0 Å². The normalized spacial score (nSPS) is 17.6. The fraction of sp³-hybridized carbons (Fsp3) is 0.250. The van der Waals surface area contributed by atoms with Crippen molar-refractivity contribution >= 4 is 0 Å². The minimum atomic E-state index is 0.0867. The zero-order valence-corrected chi connectivity index (χ0v) is 6.04. The van der Waals surface area contributed by atoms with E-state index in [9.17, 15) is 0 Å². The van der Waals surface area contributed by atoms with Crippen LogP contribution in [0.4, 0.5) is 0 Å². The van der Waals surface area contributed by atoms with E-state index in [4.69, 9.17) is 5.11 Å². The Hall–Kier alpha value is -1.02. The Morgan fingerprint density at radius 1 is 1.70 bits per heavy atom. The van der Waals surface area contributed by atoms with E-state index in [0.717, 1.165) is 11.3 Å². The van der Waals surface area contributed by atoms with Gasteiger partial charge in [-0.25, -0.2) is 0 Å². The van der Waals surface area contributed by atoms with E-state index in [2.05, 4.69) is 6.58 Å². The highest BCUT2D eigenvalue weighted by atomic mass is 16.3. The van der Waals surface area contributed by atoms with Gasteiger partial charge in [-0.2, -0.15) is 0 Å². The molecule has 0 aromatic rings. The standard InChI is InChI=1S/C8H11NO/c1-7-5-8(6-10)3-4-9(7)2/h3-5,10H,1,6H2,2H3. The first-order chi connectivity index (χ1) is 4.74. The van der Waals surface area contributed by atoms with Gasteiger partial charge in [0.25, 0.3) is 0 Å². The highest BCUT2D eigenvalue weighted by molar-refractivity contribution is 5.33. The van der Waals surface area contributed by atoms with Gasteiger partial charge < -0.3 is 10.0 Å². The Morgan fingerprint density at radius 2 is 2.40 bits per heavy atom. The van der Waals surface area contributed by atoms with E-state index in [1.807, 2.05) is 30.3 Å². The first-order valence-corrected chi connectivity index (χ1v) is 3.15. The van der Waals surface area contributed by atoms with Gasteiger partial charge in [0.1, 0.15) is 0 Å². The molecule has 1 N–H and O–H groups in total. The molecule has 0 saturated heterocycles. The predicted octanol–water partition coefficient (Wildman–Crippen LogP) is 0.878. The molecule has 0 spiro atoms. The lowest BCUT2D eigenvalue weighted by atomic mass is 10.2. The number of hydrogen-bond donors (Lipinski definition) is 1. The Balaban J connectivity index is 2.76. The van der Waals surface area contributed by atoms with Crippen LogP contribution in [0.1, 0.15) is 0 Å². The van der Waals surface area contributed by atoms with Crippen LogP contribution in [0.15, 0.2) is 36.2 Å². The quantitative estimate of drug-likeness (QED) is 0.580. The fourth-order valence-corrected chi connectivity index (χ4v) is 0.766. The van der Waals surface area contributed by atoms with Crippen molar-refractivity contribution in [3.63, 3.8) is 0 Å². The first kappa shape index (κ1) is 7.09. The SMILES string of the molecule is C=C1C=C(CO)C=CN1C. The van der Waals surface area contributed by atoms with Gasteiger partial charge in [0.2, 0.25) is 0 Å². The van der Waals surface area contributed by atoms with E-state index in [1.165, 1.54) is 0 Å². The zero-order valence-electron chi connectivity index (χ0n) is 6.04. The van der Waals surface area contributed by atoms with Crippen LogP contribution in [0.5, 0.6) is 0 Å². The van der Waals surface area contributed by atoms with Crippen molar-refractivity contribution in [3.05, 3.63) is 36.2 Å². The van der Waals surface area contributed by atoms with E-state index >= 15 is 0 Å². The molecule has 0 bridgehead atoms. The van der Waals surface area contributed by atoms with Crippen LogP contribution in [0.3, 0.4) is 0 Å². The third-order valence-electron chi connectivity index (χ3n) is 1.50. The highest BCUT2D eigenvalue weighted by Gasteiger charge is 2.01. The van der Waals surface area contributed by atoms with Gasteiger partial charge in [0.15, 0.2) is 0 Å². The zero-order chi connectivity index (χ0) is 7.56. The summed E-state index contributed by atoms with van der Waals surface area (Å²) in [5, 5.41) is 8.72. The Bertz CT molecular complexity index is 203. The number of aliphatic hydroxyl groups is 1. The second-order valence-corrected chi connectivity index (χ2v) is 2.30. The lowest BCUT2D eigenvalue weighted by Gasteiger charge is -2.18. The van der Waals surface area contributed by atoms with Crippen LogP contribution in [-0.4, -0.2) is 23.7 Å². The molecule has 2 nitrogen and oxygen atoms in total. The minimum Gasteiger partial charge on any atom is -0.392 e. The average Bonchev–Trinajstić information content (AvgIpc) is 1.95. The van der Waals surface area contributed by atoms with E-state index in [0.29, 0.717) is 0 Å². The Morgan fingerprint density at radius 3 is 2.90 bits per heavy atom. The summed E-state index contributed by atoms with van der Waals surface area (Å²) in [6.45, 7) is 3.87. The molecule has 0 aromatic heterocycles. The molecule has 0 amide bonds. The van der Waals surface area contributed by atoms with Gasteiger partial charge in [0.05, 0.1) is 6.61 Å². The van der Waals surface area contributed by atoms with Crippen LogP contribution in [0, 0.1) is 0 Å². The minimum absolute atomic E-state index is 0.0867. The summed E-state index contributed by atoms with van der Waals surface area (Å²) in [6.07, 6.45) is 5.61. The molecular formula is C8H11NO. The van der Waals surface area contributed by atoms with E-state index < -0.39 is 0 Å².